The highest BCUT2D eigenvalue weighted by Crippen LogP contribution is 2.30. The molecule has 0 saturated carbocycles. The number of nitrogens with zero attached hydrogens (tertiary/aromatic N) is 2. The van der Waals surface area contributed by atoms with Gasteiger partial charge in [0.15, 0.2) is 0 Å². The molecule has 0 bridgehead atoms. The maximum absolute atomic E-state index is 11.9. The standard InChI is InChI=1S/C16H20ClN3OS/c1-20(2)9-5-8-18-15(21)10-12-11-22-16(19-12)13-6-3-4-7-14(13)17/h3-4,6-7,11H,5,8-10H2,1-2H3,(H,18,21). The summed E-state index contributed by atoms with van der Waals surface area (Å²) in [6, 6.07) is 7.60. The molecular formula is C16H20ClN3OS. The van der Waals surface area contributed by atoms with Gasteiger partial charge in [-0.15, -0.1) is 11.3 Å². The number of aromatic nitrogens is 1. The van der Waals surface area contributed by atoms with Gasteiger partial charge in [0.1, 0.15) is 5.01 Å². The van der Waals surface area contributed by atoms with E-state index in [0.29, 0.717) is 18.0 Å². The Balaban J connectivity index is 1.87. The van der Waals surface area contributed by atoms with Crippen LogP contribution in [0.25, 0.3) is 10.6 Å². The number of benzene rings is 1. The second-order valence-electron chi connectivity index (χ2n) is 5.31. The number of carbonyl (C=O) groups excluding carboxylic acids is 1. The van der Waals surface area contributed by atoms with E-state index in [4.69, 9.17) is 11.6 Å². The highest BCUT2D eigenvalue weighted by Gasteiger charge is 2.10. The molecule has 2 rings (SSSR count). The minimum atomic E-state index is 0.00904. The fourth-order valence-corrected chi connectivity index (χ4v) is 3.14. The summed E-state index contributed by atoms with van der Waals surface area (Å²) in [4.78, 5) is 18.5. The maximum Gasteiger partial charge on any atom is 0.226 e. The minimum absolute atomic E-state index is 0.00904. The van der Waals surface area contributed by atoms with Gasteiger partial charge in [-0.3, -0.25) is 4.79 Å². The third kappa shape index (κ3) is 5.09. The van der Waals surface area contributed by atoms with Gasteiger partial charge in [0.25, 0.3) is 0 Å². The molecule has 0 spiro atoms. The molecule has 0 unspecified atom stereocenters. The lowest BCUT2D eigenvalue weighted by Gasteiger charge is -2.09. The predicted molar refractivity (Wildman–Crippen MR) is 92.4 cm³/mol. The fourth-order valence-electron chi connectivity index (χ4n) is 2.00. The first kappa shape index (κ1) is 16.9. The first-order valence-corrected chi connectivity index (χ1v) is 8.43. The maximum atomic E-state index is 11.9. The van der Waals surface area contributed by atoms with Crippen LogP contribution in [0, 0.1) is 0 Å². The van der Waals surface area contributed by atoms with Crippen molar-refractivity contribution in [1.82, 2.24) is 15.2 Å². The Kier molecular flexibility index (Phi) is 6.36. The monoisotopic (exact) mass is 337 g/mol. The van der Waals surface area contributed by atoms with Crippen molar-refractivity contribution in [2.45, 2.75) is 12.8 Å². The molecule has 1 aromatic heterocycles. The van der Waals surface area contributed by atoms with Crippen molar-refractivity contribution < 1.29 is 4.79 Å². The van der Waals surface area contributed by atoms with E-state index >= 15 is 0 Å². The number of rotatable bonds is 7. The first-order chi connectivity index (χ1) is 10.6. The molecule has 0 aliphatic carbocycles. The molecule has 0 aliphatic heterocycles. The van der Waals surface area contributed by atoms with Gasteiger partial charge in [0.05, 0.1) is 17.1 Å². The Morgan fingerprint density at radius 3 is 2.86 bits per heavy atom. The number of carbonyl (C=O) groups is 1. The van der Waals surface area contributed by atoms with Crippen LogP contribution >= 0.6 is 22.9 Å². The molecule has 1 N–H and O–H groups in total. The zero-order valence-corrected chi connectivity index (χ0v) is 14.4. The molecule has 0 radical (unpaired) electrons. The lowest BCUT2D eigenvalue weighted by Crippen LogP contribution is -2.28. The van der Waals surface area contributed by atoms with Gasteiger partial charge in [0.2, 0.25) is 5.91 Å². The summed E-state index contributed by atoms with van der Waals surface area (Å²) in [6.45, 7) is 1.66. The average Bonchev–Trinajstić information content (AvgIpc) is 2.92. The zero-order valence-electron chi connectivity index (χ0n) is 12.8. The van der Waals surface area contributed by atoms with E-state index in [1.54, 1.807) is 0 Å². The molecule has 0 aliphatic rings. The minimum Gasteiger partial charge on any atom is -0.356 e. The molecule has 1 amide bonds. The van der Waals surface area contributed by atoms with Crippen LogP contribution in [0.5, 0.6) is 0 Å². The summed E-state index contributed by atoms with van der Waals surface area (Å²) in [5.41, 5.74) is 1.69. The highest BCUT2D eigenvalue weighted by atomic mass is 35.5. The van der Waals surface area contributed by atoms with Crippen molar-refractivity contribution in [2.24, 2.45) is 0 Å². The second kappa shape index (κ2) is 8.27. The van der Waals surface area contributed by atoms with Crippen LogP contribution in [0.15, 0.2) is 29.6 Å². The first-order valence-electron chi connectivity index (χ1n) is 7.17. The average molecular weight is 338 g/mol. The molecule has 1 aromatic carbocycles. The van der Waals surface area contributed by atoms with Crippen LogP contribution in [0.3, 0.4) is 0 Å². The number of thiazole rings is 1. The topological polar surface area (TPSA) is 45.2 Å². The molecule has 0 atom stereocenters. The molecule has 6 heteroatoms. The van der Waals surface area contributed by atoms with E-state index in [-0.39, 0.29) is 5.91 Å². The summed E-state index contributed by atoms with van der Waals surface area (Å²) < 4.78 is 0. The smallest absolute Gasteiger partial charge is 0.226 e. The molecule has 2 aromatic rings. The normalized spacial score (nSPS) is 10.9. The predicted octanol–water partition coefficient (Wildman–Crippen LogP) is 3.07. The lowest BCUT2D eigenvalue weighted by atomic mass is 10.2. The Morgan fingerprint density at radius 1 is 1.36 bits per heavy atom. The van der Waals surface area contributed by atoms with Crippen LogP contribution in [0.4, 0.5) is 0 Å². The van der Waals surface area contributed by atoms with Gasteiger partial charge >= 0.3 is 0 Å². The van der Waals surface area contributed by atoms with Crippen molar-refractivity contribution >= 4 is 28.8 Å². The van der Waals surface area contributed by atoms with Crippen LogP contribution in [0.2, 0.25) is 5.02 Å². The van der Waals surface area contributed by atoms with Crippen LogP contribution < -0.4 is 5.32 Å². The van der Waals surface area contributed by atoms with Crippen LogP contribution in [-0.4, -0.2) is 43.0 Å². The van der Waals surface area contributed by atoms with Crippen molar-refractivity contribution in [1.29, 1.82) is 0 Å². The number of amides is 1. The van der Waals surface area contributed by atoms with Gasteiger partial charge in [-0.2, -0.15) is 0 Å². The molecule has 1 heterocycles. The summed E-state index contributed by atoms with van der Waals surface area (Å²) >= 11 is 7.68. The number of hydrogen-bond acceptors (Lipinski definition) is 4. The van der Waals surface area contributed by atoms with Crippen molar-refractivity contribution in [3.63, 3.8) is 0 Å². The summed E-state index contributed by atoms with van der Waals surface area (Å²) in [5, 5.41) is 6.36. The van der Waals surface area contributed by atoms with E-state index in [2.05, 4.69) is 15.2 Å². The lowest BCUT2D eigenvalue weighted by molar-refractivity contribution is -0.120. The van der Waals surface area contributed by atoms with E-state index in [9.17, 15) is 4.79 Å². The van der Waals surface area contributed by atoms with E-state index in [1.165, 1.54) is 11.3 Å². The largest absolute Gasteiger partial charge is 0.356 e. The Morgan fingerprint density at radius 2 is 2.14 bits per heavy atom. The number of halogens is 1. The SMILES string of the molecule is CN(C)CCCNC(=O)Cc1csc(-c2ccccc2Cl)n1. The molecule has 0 saturated heterocycles. The third-order valence-corrected chi connectivity index (χ3v) is 4.36. The molecule has 0 fully saturated rings. The van der Waals surface area contributed by atoms with E-state index in [0.717, 1.165) is 29.2 Å². The van der Waals surface area contributed by atoms with E-state index in [1.807, 2.05) is 43.7 Å². The molecule has 4 nitrogen and oxygen atoms in total. The van der Waals surface area contributed by atoms with Crippen molar-refractivity contribution in [3.8, 4) is 10.6 Å². The van der Waals surface area contributed by atoms with E-state index < -0.39 is 0 Å². The summed E-state index contributed by atoms with van der Waals surface area (Å²) in [7, 11) is 4.04. The van der Waals surface area contributed by atoms with Crippen molar-refractivity contribution in [2.75, 3.05) is 27.2 Å². The van der Waals surface area contributed by atoms with Crippen molar-refractivity contribution in [3.05, 3.63) is 40.4 Å². The molecule has 22 heavy (non-hydrogen) atoms. The number of hydrogen-bond donors (Lipinski definition) is 1. The van der Waals surface area contributed by atoms with Gasteiger partial charge in [0, 0.05) is 17.5 Å². The highest BCUT2D eigenvalue weighted by molar-refractivity contribution is 7.13. The fraction of sp³-hybridized carbons (Fsp3) is 0.375. The quantitative estimate of drug-likeness (QED) is 0.790. The Labute approximate surface area is 140 Å². The van der Waals surface area contributed by atoms with Crippen LogP contribution in [0.1, 0.15) is 12.1 Å². The second-order valence-corrected chi connectivity index (χ2v) is 6.57. The summed E-state index contributed by atoms with van der Waals surface area (Å²) in [5.74, 6) is 0.00904. The third-order valence-electron chi connectivity index (χ3n) is 3.10. The van der Waals surface area contributed by atoms with Gasteiger partial charge in [-0.1, -0.05) is 29.8 Å². The summed E-state index contributed by atoms with van der Waals surface area (Å²) in [6.07, 6.45) is 1.25. The van der Waals surface area contributed by atoms with Gasteiger partial charge < -0.3 is 10.2 Å². The Hall–Kier alpha value is -1.43. The van der Waals surface area contributed by atoms with Gasteiger partial charge in [-0.05, 0) is 33.1 Å². The van der Waals surface area contributed by atoms with Crippen LogP contribution in [-0.2, 0) is 11.2 Å². The molecule has 118 valence electrons. The molecular weight excluding hydrogens is 318 g/mol. The van der Waals surface area contributed by atoms with Gasteiger partial charge in [-0.25, -0.2) is 4.98 Å². The number of nitrogens with one attached hydrogen (secondary N) is 1. The Bertz CT molecular complexity index is 627. The zero-order chi connectivity index (χ0) is 15.9.